The van der Waals surface area contributed by atoms with Gasteiger partial charge >= 0.3 is 0 Å². The molecule has 0 bridgehead atoms. The van der Waals surface area contributed by atoms with Crippen LogP contribution in [0.15, 0.2) is 36.5 Å². The number of carbonyl (C=O) groups is 2. The monoisotopic (exact) mass is 454 g/mol. The molecule has 0 aliphatic carbocycles. The van der Waals surface area contributed by atoms with E-state index in [1.165, 1.54) is 18.6 Å². The number of nitrogens with zero attached hydrogens (tertiary/aromatic N) is 1. The molecule has 0 aliphatic heterocycles. The van der Waals surface area contributed by atoms with Crippen molar-refractivity contribution >= 4 is 29.0 Å². The van der Waals surface area contributed by atoms with Crippen molar-refractivity contribution in [2.24, 2.45) is 11.5 Å². The number of methoxy groups -OCH3 is 2. The van der Waals surface area contributed by atoms with E-state index < -0.39 is 17.9 Å². The number of nitrogens with one attached hydrogen (secondary N) is 1. The van der Waals surface area contributed by atoms with Crippen LogP contribution in [0.25, 0.3) is 21.6 Å². The van der Waals surface area contributed by atoms with Crippen molar-refractivity contribution < 1.29 is 19.1 Å². The molecule has 3 rings (SSSR count). The van der Waals surface area contributed by atoms with E-state index in [0.717, 1.165) is 38.4 Å². The molecule has 0 spiro atoms. The Labute approximate surface area is 190 Å². The van der Waals surface area contributed by atoms with Gasteiger partial charge in [-0.15, -0.1) is 0 Å². The molecule has 5 N–H and O–H groups in total. The number of amides is 2. The molecule has 0 aliphatic rings. The Morgan fingerprint density at radius 2 is 1.81 bits per heavy atom. The minimum absolute atomic E-state index is 0.249. The average Bonchev–Trinajstić information content (AvgIpc) is 3.25. The van der Waals surface area contributed by atoms with Crippen LogP contribution in [0.2, 0.25) is 0 Å². The van der Waals surface area contributed by atoms with Gasteiger partial charge in [-0.1, -0.05) is 12.1 Å². The Morgan fingerprint density at radius 1 is 1.09 bits per heavy atom. The van der Waals surface area contributed by atoms with Crippen LogP contribution >= 0.6 is 11.5 Å². The molecule has 0 radical (unpaired) electrons. The Hall–Kier alpha value is -3.43. The second-order valence-electron chi connectivity index (χ2n) is 7.37. The number of aromatic nitrogens is 1. The van der Waals surface area contributed by atoms with Crippen molar-refractivity contribution in [1.82, 2.24) is 4.37 Å². The van der Waals surface area contributed by atoms with E-state index in [-0.39, 0.29) is 6.42 Å². The standard InChI is InChI=1S/C23H26N4O4S/c1-12-7-15(9-20(31-4)13(12)2)22-16(11-26-32-22)14-5-6-19(30-3)18(8-14)27-23(29)17(24)10-21(25)28/h5-9,11,17H,10,24H2,1-4H3,(H2,25,28)(H,27,29)/t17-/m0/s1. The quantitative estimate of drug-likeness (QED) is 0.479. The summed E-state index contributed by atoms with van der Waals surface area (Å²) in [5.74, 6) is 0.101. The van der Waals surface area contributed by atoms with E-state index in [1.54, 1.807) is 25.4 Å². The van der Waals surface area contributed by atoms with Gasteiger partial charge in [0.2, 0.25) is 11.8 Å². The summed E-state index contributed by atoms with van der Waals surface area (Å²) in [7, 11) is 3.16. The normalized spacial score (nSPS) is 11.7. The van der Waals surface area contributed by atoms with Crippen LogP contribution in [0.5, 0.6) is 11.5 Å². The summed E-state index contributed by atoms with van der Waals surface area (Å²) in [6, 6.07) is 8.48. The van der Waals surface area contributed by atoms with Crippen LogP contribution < -0.4 is 26.3 Å². The highest BCUT2D eigenvalue weighted by Gasteiger charge is 2.19. The zero-order valence-corrected chi connectivity index (χ0v) is 19.2. The number of ether oxygens (including phenoxy) is 2. The van der Waals surface area contributed by atoms with Crippen molar-refractivity contribution in [1.29, 1.82) is 0 Å². The maximum absolute atomic E-state index is 12.4. The first-order valence-electron chi connectivity index (χ1n) is 9.88. The van der Waals surface area contributed by atoms with Gasteiger partial charge in [-0.3, -0.25) is 9.59 Å². The third-order valence-corrected chi connectivity index (χ3v) is 6.05. The molecular formula is C23H26N4O4S. The first kappa shape index (κ1) is 23.2. The zero-order valence-electron chi connectivity index (χ0n) is 18.4. The highest BCUT2D eigenvalue weighted by Crippen LogP contribution is 2.40. The molecule has 1 atom stereocenters. The Kier molecular flexibility index (Phi) is 7.12. The molecule has 0 unspecified atom stereocenters. The van der Waals surface area contributed by atoms with Crippen molar-refractivity contribution in [3.8, 4) is 33.1 Å². The summed E-state index contributed by atoms with van der Waals surface area (Å²) in [5.41, 5.74) is 16.3. The summed E-state index contributed by atoms with van der Waals surface area (Å²) in [5, 5.41) is 2.73. The maximum atomic E-state index is 12.4. The van der Waals surface area contributed by atoms with E-state index in [9.17, 15) is 9.59 Å². The van der Waals surface area contributed by atoms with Gasteiger partial charge < -0.3 is 26.3 Å². The van der Waals surface area contributed by atoms with Crippen LogP contribution in [0, 0.1) is 13.8 Å². The van der Waals surface area contributed by atoms with Crippen LogP contribution in [0.3, 0.4) is 0 Å². The number of hydrogen-bond acceptors (Lipinski definition) is 7. The second kappa shape index (κ2) is 9.80. The summed E-state index contributed by atoms with van der Waals surface area (Å²) < 4.78 is 15.3. The first-order valence-corrected chi connectivity index (χ1v) is 10.7. The van der Waals surface area contributed by atoms with Gasteiger partial charge in [-0.25, -0.2) is 0 Å². The number of rotatable bonds is 8. The van der Waals surface area contributed by atoms with Crippen molar-refractivity contribution in [3.05, 3.63) is 47.7 Å². The Bertz CT molecular complexity index is 1160. The fourth-order valence-corrected chi connectivity index (χ4v) is 4.09. The number of nitrogens with two attached hydrogens (primary N) is 2. The number of benzene rings is 2. The van der Waals surface area contributed by atoms with Crippen LogP contribution in [-0.2, 0) is 9.59 Å². The molecule has 8 nitrogen and oxygen atoms in total. The first-order chi connectivity index (χ1) is 15.2. The average molecular weight is 455 g/mol. The van der Waals surface area contributed by atoms with Crippen LogP contribution in [0.4, 0.5) is 5.69 Å². The molecule has 0 saturated heterocycles. The lowest BCUT2D eigenvalue weighted by Gasteiger charge is -2.15. The smallest absolute Gasteiger partial charge is 0.241 e. The second-order valence-corrected chi connectivity index (χ2v) is 8.17. The molecule has 9 heteroatoms. The van der Waals surface area contributed by atoms with E-state index in [2.05, 4.69) is 15.8 Å². The minimum atomic E-state index is -1.05. The van der Waals surface area contributed by atoms with Gasteiger partial charge in [0.25, 0.3) is 0 Å². The minimum Gasteiger partial charge on any atom is -0.496 e. The third-order valence-electron chi connectivity index (χ3n) is 5.20. The lowest BCUT2D eigenvalue weighted by atomic mass is 9.99. The number of anilines is 1. The molecule has 2 amide bonds. The number of aryl methyl sites for hydroxylation is 1. The highest BCUT2D eigenvalue weighted by molar-refractivity contribution is 7.10. The third kappa shape index (κ3) is 4.90. The molecule has 1 aromatic heterocycles. The predicted octanol–water partition coefficient (Wildman–Crippen LogP) is 3.25. The topological polar surface area (TPSA) is 130 Å². The lowest BCUT2D eigenvalue weighted by Crippen LogP contribution is -2.39. The lowest BCUT2D eigenvalue weighted by molar-refractivity contribution is -0.123. The number of carbonyl (C=O) groups excluding carboxylic acids is 2. The Morgan fingerprint density at radius 3 is 2.47 bits per heavy atom. The van der Waals surface area contributed by atoms with Gasteiger partial charge in [-0.05, 0) is 65.8 Å². The SMILES string of the molecule is COc1ccc(-c2cnsc2-c2cc(C)c(C)c(OC)c2)cc1NC(=O)[C@@H](N)CC(N)=O. The van der Waals surface area contributed by atoms with E-state index in [1.807, 2.05) is 26.0 Å². The van der Waals surface area contributed by atoms with Crippen molar-refractivity contribution in [2.45, 2.75) is 26.3 Å². The van der Waals surface area contributed by atoms with Gasteiger partial charge in [0.15, 0.2) is 0 Å². The fraction of sp³-hybridized carbons (Fsp3) is 0.261. The van der Waals surface area contributed by atoms with Gasteiger partial charge in [0, 0.05) is 11.8 Å². The van der Waals surface area contributed by atoms with Crippen LogP contribution in [0.1, 0.15) is 17.5 Å². The molecule has 0 fully saturated rings. The van der Waals surface area contributed by atoms with E-state index in [4.69, 9.17) is 20.9 Å². The van der Waals surface area contributed by atoms with E-state index >= 15 is 0 Å². The van der Waals surface area contributed by atoms with Crippen LogP contribution in [-0.4, -0.2) is 36.4 Å². The number of hydrogen-bond donors (Lipinski definition) is 3. The summed E-state index contributed by atoms with van der Waals surface area (Å²) in [6.07, 6.45) is 1.54. The summed E-state index contributed by atoms with van der Waals surface area (Å²) in [6.45, 7) is 4.06. The fourth-order valence-electron chi connectivity index (χ4n) is 3.33. The summed E-state index contributed by atoms with van der Waals surface area (Å²) in [4.78, 5) is 24.5. The van der Waals surface area contributed by atoms with E-state index in [0.29, 0.717) is 11.4 Å². The zero-order chi connectivity index (χ0) is 23.4. The predicted molar refractivity (Wildman–Crippen MR) is 126 cm³/mol. The van der Waals surface area contributed by atoms with Gasteiger partial charge in [-0.2, -0.15) is 4.37 Å². The molecule has 0 saturated carbocycles. The molecule has 1 heterocycles. The highest BCUT2D eigenvalue weighted by atomic mass is 32.1. The summed E-state index contributed by atoms with van der Waals surface area (Å²) >= 11 is 1.38. The van der Waals surface area contributed by atoms with Gasteiger partial charge in [0.05, 0.1) is 37.2 Å². The van der Waals surface area contributed by atoms with Crippen molar-refractivity contribution in [2.75, 3.05) is 19.5 Å². The molecule has 168 valence electrons. The Balaban J connectivity index is 2.00. The molecule has 2 aromatic carbocycles. The molecule has 32 heavy (non-hydrogen) atoms. The largest absolute Gasteiger partial charge is 0.496 e. The van der Waals surface area contributed by atoms with Gasteiger partial charge in [0.1, 0.15) is 11.5 Å². The maximum Gasteiger partial charge on any atom is 0.241 e. The number of primary amides is 1. The molecule has 3 aromatic rings. The van der Waals surface area contributed by atoms with Crippen molar-refractivity contribution in [3.63, 3.8) is 0 Å². The molecular weight excluding hydrogens is 428 g/mol.